The molecule has 0 aliphatic rings. The van der Waals surface area contributed by atoms with Crippen LogP contribution in [0.2, 0.25) is 0 Å². The molecule has 1 N–H and O–H groups in total. The SMILES string of the molecule is CC(=O)Nc1c(C#N)sc(C)c1-c1ccc(C)cc1. The van der Waals surface area contributed by atoms with Crippen LogP contribution in [0.3, 0.4) is 0 Å². The van der Waals surface area contributed by atoms with Crippen LogP contribution >= 0.6 is 11.3 Å². The Balaban J connectivity index is 2.61. The Hall–Kier alpha value is -2.12. The van der Waals surface area contributed by atoms with Gasteiger partial charge in [0, 0.05) is 17.4 Å². The standard InChI is InChI=1S/C15H14N2OS/c1-9-4-6-12(7-5-9)14-10(2)19-13(8-16)15(14)17-11(3)18/h4-7H,1-3H3,(H,17,18). The lowest BCUT2D eigenvalue weighted by molar-refractivity contribution is -0.114. The second-order valence-corrected chi connectivity index (χ2v) is 5.62. The van der Waals surface area contributed by atoms with Crippen LogP contribution in [0.25, 0.3) is 11.1 Å². The minimum Gasteiger partial charge on any atom is -0.324 e. The average molecular weight is 270 g/mol. The summed E-state index contributed by atoms with van der Waals surface area (Å²) in [6, 6.07) is 10.2. The van der Waals surface area contributed by atoms with Gasteiger partial charge in [0.2, 0.25) is 5.91 Å². The molecule has 1 aromatic carbocycles. The zero-order valence-electron chi connectivity index (χ0n) is 11.1. The highest BCUT2D eigenvalue weighted by Crippen LogP contribution is 2.40. The van der Waals surface area contributed by atoms with E-state index in [1.165, 1.54) is 23.8 Å². The lowest BCUT2D eigenvalue weighted by atomic mass is 10.0. The lowest BCUT2D eigenvalue weighted by Crippen LogP contribution is -2.07. The maximum Gasteiger partial charge on any atom is 0.221 e. The number of thiophene rings is 1. The molecule has 0 bridgehead atoms. The zero-order valence-corrected chi connectivity index (χ0v) is 11.9. The lowest BCUT2D eigenvalue weighted by Gasteiger charge is -2.07. The molecule has 96 valence electrons. The average Bonchev–Trinajstić information content (AvgIpc) is 2.66. The van der Waals surface area contributed by atoms with Gasteiger partial charge in [0.05, 0.1) is 5.69 Å². The number of benzene rings is 1. The highest BCUT2D eigenvalue weighted by atomic mass is 32.1. The molecule has 0 spiro atoms. The molecule has 19 heavy (non-hydrogen) atoms. The summed E-state index contributed by atoms with van der Waals surface area (Å²) in [4.78, 5) is 12.9. The van der Waals surface area contributed by atoms with Crippen molar-refractivity contribution < 1.29 is 4.79 Å². The van der Waals surface area contributed by atoms with Crippen molar-refractivity contribution in [3.63, 3.8) is 0 Å². The van der Waals surface area contributed by atoms with Crippen molar-refractivity contribution in [2.75, 3.05) is 5.32 Å². The van der Waals surface area contributed by atoms with E-state index in [0.29, 0.717) is 10.6 Å². The van der Waals surface area contributed by atoms with E-state index in [1.54, 1.807) is 0 Å². The first-order chi connectivity index (χ1) is 9.02. The van der Waals surface area contributed by atoms with E-state index in [4.69, 9.17) is 5.26 Å². The Labute approximate surface area is 116 Å². The second-order valence-electron chi connectivity index (χ2n) is 4.40. The summed E-state index contributed by atoms with van der Waals surface area (Å²) >= 11 is 1.41. The molecule has 0 saturated heterocycles. The number of rotatable bonds is 2. The third kappa shape index (κ3) is 2.67. The van der Waals surface area contributed by atoms with Gasteiger partial charge in [-0.15, -0.1) is 11.3 Å². The van der Waals surface area contributed by atoms with Crippen molar-refractivity contribution >= 4 is 22.9 Å². The number of hydrogen-bond acceptors (Lipinski definition) is 3. The predicted molar refractivity (Wildman–Crippen MR) is 78.2 cm³/mol. The fourth-order valence-electron chi connectivity index (χ4n) is 1.99. The maximum absolute atomic E-state index is 11.3. The number of anilines is 1. The number of carbonyl (C=O) groups excluding carboxylic acids is 1. The first kappa shape index (κ1) is 13.3. The number of nitrogens with zero attached hydrogens (tertiary/aromatic N) is 1. The number of nitrogens with one attached hydrogen (secondary N) is 1. The number of nitriles is 1. The third-order valence-electron chi connectivity index (χ3n) is 2.83. The van der Waals surface area contributed by atoms with Crippen molar-refractivity contribution in [3.05, 3.63) is 39.6 Å². The third-order valence-corrected chi connectivity index (χ3v) is 3.84. The van der Waals surface area contributed by atoms with Gasteiger partial charge in [0.25, 0.3) is 0 Å². The topological polar surface area (TPSA) is 52.9 Å². The highest BCUT2D eigenvalue weighted by Gasteiger charge is 2.17. The summed E-state index contributed by atoms with van der Waals surface area (Å²) in [6.45, 7) is 5.44. The summed E-state index contributed by atoms with van der Waals surface area (Å²) < 4.78 is 0. The molecular formula is C15H14N2OS. The molecule has 0 aliphatic carbocycles. The van der Waals surface area contributed by atoms with Crippen LogP contribution in [0.4, 0.5) is 5.69 Å². The van der Waals surface area contributed by atoms with Crippen LogP contribution in [0, 0.1) is 25.2 Å². The number of hydrogen-bond donors (Lipinski definition) is 1. The summed E-state index contributed by atoms with van der Waals surface area (Å²) in [5.41, 5.74) is 3.76. The van der Waals surface area contributed by atoms with Gasteiger partial charge in [0.15, 0.2) is 0 Å². The Morgan fingerprint density at radius 3 is 2.42 bits per heavy atom. The van der Waals surface area contributed by atoms with Gasteiger partial charge in [-0.25, -0.2) is 0 Å². The molecule has 0 aliphatic heterocycles. The van der Waals surface area contributed by atoms with Crippen LogP contribution < -0.4 is 5.32 Å². The van der Waals surface area contributed by atoms with E-state index in [9.17, 15) is 4.79 Å². The van der Waals surface area contributed by atoms with Crippen LogP contribution in [0.1, 0.15) is 22.2 Å². The zero-order chi connectivity index (χ0) is 14.0. The molecule has 0 radical (unpaired) electrons. The molecule has 1 heterocycles. The fraction of sp³-hybridized carbons (Fsp3) is 0.200. The molecule has 4 heteroatoms. The molecule has 0 unspecified atom stereocenters. The first-order valence-electron chi connectivity index (χ1n) is 5.91. The van der Waals surface area contributed by atoms with Gasteiger partial charge >= 0.3 is 0 Å². The predicted octanol–water partition coefficient (Wildman–Crippen LogP) is 3.86. The quantitative estimate of drug-likeness (QED) is 0.900. The van der Waals surface area contributed by atoms with Crippen LogP contribution in [-0.2, 0) is 4.79 Å². The van der Waals surface area contributed by atoms with Gasteiger partial charge in [-0.05, 0) is 19.4 Å². The Bertz CT molecular complexity index is 663. The smallest absolute Gasteiger partial charge is 0.221 e. The molecule has 0 atom stereocenters. The van der Waals surface area contributed by atoms with Crippen molar-refractivity contribution in [1.29, 1.82) is 5.26 Å². The molecule has 2 rings (SSSR count). The minimum atomic E-state index is -0.164. The molecule has 1 aromatic heterocycles. The van der Waals surface area contributed by atoms with Crippen LogP contribution in [0.15, 0.2) is 24.3 Å². The summed E-state index contributed by atoms with van der Waals surface area (Å²) in [6.07, 6.45) is 0. The Kier molecular flexibility index (Phi) is 3.68. The molecule has 3 nitrogen and oxygen atoms in total. The van der Waals surface area contributed by atoms with Crippen molar-refractivity contribution in [3.8, 4) is 17.2 Å². The largest absolute Gasteiger partial charge is 0.324 e. The van der Waals surface area contributed by atoms with E-state index >= 15 is 0 Å². The summed E-state index contributed by atoms with van der Waals surface area (Å²) in [5.74, 6) is -0.164. The Morgan fingerprint density at radius 2 is 1.89 bits per heavy atom. The van der Waals surface area contributed by atoms with E-state index in [-0.39, 0.29) is 5.91 Å². The molecule has 0 fully saturated rings. The van der Waals surface area contributed by atoms with E-state index in [1.807, 2.05) is 38.1 Å². The van der Waals surface area contributed by atoms with E-state index in [2.05, 4.69) is 11.4 Å². The molecule has 0 saturated carbocycles. The summed E-state index contributed by atoms with van der Waals surface area (Å²) in [5, 5.41) is 11.9. The first-order valence-corrected chi connectivity index (χ1v) is 6.72. The van der Waals surface area contributed by atoms with Gasteiger partial charge in [-0.3, -0.25) is 4.79 Å². The normalized spacial score (nSPS) is 10.0. The number of amides is 1. The second kappa shape index (κ2) is 5.25. The van der Waals surface area contributed by atoms with Gasteiger partial charge in [0.1, 0.15) is 10.9 Å². The van der Waals surface area contributed by atoms with Gasteiger partial charge in [-0.2, -0.15) is 5.26 Å². The van der Waals surface area contributed by atoms with Gasteiger partial charge < -0.3 is 5.32 Å². The maximum atomic E-state index is 11.3. The monoisotopic (exact) mass is 270 g/mol. The number of carbonyl (C=O) groups is 1. The molecular weight excluding hydrogens is 256 g/mol. The molecule has 2 aromatic rings. The fourth-order valence-corrected chi connectivity index (χ4v) is 2.92. The van der Waals surface area contributed by atoms with E-state index in [0.717, 1.165) is 16.0 Å². The summed E-state index contributed by atoms with van der Waals surface area (Å²) in [7, 11) is 0. The van der Waals surface area contributed by atoms with Gasteiger partial charge in [-0.1, -0.05) is 29.8 Å². The number of aryl methyl sites for hydroxylation is 2. The highest BCUT2D eigenvalue weighted by molar-refractivity contribution is 7.13. The Morgan fingerprint density at radius 1 is 1.26 bits per heavy atom. The minimum absolute atomic E-state index is 0.164. The van der Waals surface area contributed by atoms with E-state index < -0.39 is 0 Å². The molecule has 1 amide bonds. The van der Waals surface area contributed by atoms with Crippen molar-refractivity contribution in [2.24, 2.45) is 0 Å². The van der Waals surface area contributed by atoms with Crippen molar-refractivity contribution in [2.45, 2.75) is 20.8 Å². The van der Waals surface area contributed by atoms with Crippen LogP contribution in [-0.4, -0.2) is 5.91 Å². The van der Waals surface area contributed by atoms with Crippen LogP contribution in [0.5, 0.6) is 0 Å². The van der Waals surface area contributed by atoms with Crippen molar-refractivity contribution in [1.82, 2.24) is 0 Å².